The lowest BCUT2D eigenvalue weighted by molar-refractivity contribution is 0.108. The summed E-state index contributed by atoms with van der Waals surface area (Å²) in [5, 5.41) is 0.711. The Hall–Kier alpha value is -1.90. The predicted octanol–water partition coefficient (Wildman–Crippen LogP) is 5.89. The van der Waals surface area contributed by atoms with E-state index < -0.39 is 5.24 Å². The Bertz CT molecular complexity index is 872. The summed E-state index contributed by atoms with van der Waals surface area (Å²) >= 11 is 11.8. The van der Waals surface area contributed by atoms with Gasteiger partial charge in [-0.3, -0.25) is 4.79 Å². The first-order valence-electron chi connectivity index (χ1n) is 7.48. The number of fused-ring (bicyclic) bond motifs is 1. The van der Waals surface area contributed by atoms with Crippen LogP contribution in [-0.4, -0.2) is 10.2 Å². The number of carbonyl (C=O) groups is 1. The van der Waals surface area contributed by atoms with Gasteiger partial charge in [-0.1, -0.05) is 49.2 Å². The highest BCUT2D eigenvalue weighted by atomic mass is 35.5. The Labute approximate surface area is 145 Å². The Morgan fingerprint density at radius 3 is 2.48 bits per heavy atom. The van der Waals surface area contributed by atoms with Crippen LogP contribution in [0.4, 0.5) is 0 Å². The zero-order valence-electron chi connectivity index (χ0n) is 12.6. The Morgan fingerprint density at radius 1 is 1.09 bits per heavy atom. The predicted molar refractivity (Wildman–Crippen MR) is 96.4 cm³/mol. The molecular weight excluding hydrogens is 329 g/mol. The third-order valence-corrected chi connectivity index (χ3v) is 4.21. The molecule has 0 radical (unpaired) electrons. The molecule has 3 aromatic rings. The molecule has 0 amide bonds. The number of rotatable bonds is 4. The maximum Gasteiger partial charge on any atom is 0.253 e. The number of hydrogen-bond acceptors (Lipinski definition) is 2. The SMILES string of the molecule is CCCc1ccc(-c2cc(C(=O)Cl)c3cc(Cl)ccc3n2)cc1. The number of nitrogens with zero attached hydrogens (tertiary/aromatic N) is 1. The summed E-state index contributed by atoms with van der Waals surface area (Å²) in [6, 6.07) is 15.2. The lowest BCUT2D eigenvalue weighted by Gasteiger charge is -2.08. The van der Waals surface area contributed by atoms with Crippen molar-refractivity contribution in [2.75, 3.05) is 0 Å². The van der Waals surface area contributed by atoms with Crippen LogP contribution in [0.15, 0.2) is 48.5 Å². The van der Waals surface area contributed by atoms with E-state index in [2.05, 4.69) is 24.0 Å². The number of aromatic nitrogens is 1. The molecule has 0 fully saturated rings. The molecule has 0 saturated heterocycles. The first kappa shape index (κ1) is 16.0. The van der Waals surface area contributed by atoms with Gasteiger partial charge in [-0.05, 0) is 47.9 Å². The molecular formula is C19H15Cl2NO. The maximum absolute atomic E-state index is 11.8. The quantitative estimate of drug-likeness (QED) is 0.553. The van der Waals surface area contributed by atoms with Gasteiger partial charge in [0, 0.05) is 21.5 Å². The van der Waals surface area contributed by atoms with Crippen molar-refractivity contribution in [3.63, 3.8) is 0 Å². The summed E-state index contributed by atoms with van der Waals surface area (Å²) in [6.07, 6.45) is 2.16. The zero-order valence-corrected chi connectivity index (χ0v) is 14.2. The minimum absolute atomic E-state index is 0.423. The molecule has 0 unspecified atom stereocenters. The topological polar surface area (TPSA) is 30.0 Å². The molecule has 0 N–H and O–H groups in total. The number of aryl methyl sites for hydroxylation is 1. The van der Waals surface area contributed by atoms with Gasteiger partial charge in [0.25, 0.3) is 5.24 Å². The number of halogens is 2. The molecule has 3 rings (SSSR count). The molecule has 0 aliphatic carbocycles. The Balaban J connectivity index is 2.14. The minimum Gasteiger partial charge on any atom is -0.276 e. The van der Waals surface area contributed by atoms with Crippen molar-refractivity contribution in [2.45, 2.75) is 19.8 Å². The van der Waals surface area contributed by atoms with Crippen LogP contribution < -0.4 is 0 Å². The second kappa shape index (κ2) is 6.69. The van der Waals surface area contributed by atoms with Gasteiger partial charge in [0.1, 0.15) is 0 Å². The van der Waals surface area contributed by atoms with E-state index in [0.29, 0.717) is 21.5 Å². The van der Waals surface area contributed by atoms with Crippen LogP contribution >= 0.6 is 23.2 Å². The van der Waals surface area contributed by atoms with Crippen LogP contribution in [0.1, 0.15) is 29.3 Å². The summed E-state index contributed by atoms with van der Waals surface area (Å²) in [5.74, 6) is 0. The number of pyridine rings is 1. The summed E-state index contributed by atoms with van der Waals surface area (Å²) in [7, 11) is 0. The van der Waals surface area contributed by atoms with Crippen molar-refractivity contribution in [2.24, 2.45) is 0 Å². The highest BCUT2D eigenvalue weighted by Gasteiger charge is 2.12. The fraction of sp³-hybridized carbons (Fsp3) is 0.158. The van der Waals surface area contributed by atoms with Crippen molar-refractivity contribution < 1.29 is 4.79 Å². The van der Waals surface area contributed by atoms with E-state index in [-0.39, 0.29) is 0 Å². The molecule has 2 aromatic carbocycles. The van der Waals surface area contributed by atoms with E-state index >= 15 is 0 Å². The Kier molecular flexibility index (Phi) is 4.65. The fourth-order valence-electron chi connectivity index (χ4n) is 2.64. The Morgan fingerprint density at radius 2 is 1.83 bits per heavy atom. The average molecular weight is 344 g/mol. The molecule has 0 aliphatic rings. The van der Waals surface area contributed by atoms with Crippen molar-refractivity contribution in [3.8, 4) is 11.3 Å². The van der Waals surface area contributed by atoms with Crippen LogP contribution in [0.5, 0.6) is 0 Å². The van der Waals surface area contributed by atoms with Gasteiger partial charge in [-0.15, -0.1) is 0 Å². The number of carbonyl (C=O) groups excluding carboxylic acids is 1. The van der Waals surface area contributed by atoms with Gasteiger partial charge < -0.3 is 0 Å². The summed E-state index contributed by atoms with van der Waals surface area (Å²) in [5.41, 5.74) is 4.10. The van der Waals surface area contributed by atoms with Crippen molar-refractivity contribution in [3.05, 3.63) is 64.7 Å². The van der Waals surface area contributed by atoms with Crippen molar-refractivity contribution in [1.82, 2.24) is 4.98 Å². The third kappa shape index (κ3) is 3.39. The van der Waals surface area contributed by atoms with Crippen molar-refractivity contribution in [1.29, 1.82) is 0 Å². The smallest absolute Gasteiger partial charge is 0.253 e. The summed E-state index contributed by atoms with van der Waals surface area (Å²) in [4.78, 5) is 16.4. The molecule has 116 valence electrons. The zero-order chi connectivity index (χ0) is 16.4. The van der Waals surface area contributed by atoms with E-state index in [4.69, 9.17) is 23.2 Å². The van der Waals surface area contributed by atoms with E-state index in [1.165, 1.54) is 5.56 Å². The monoisotopic (exact) mass is 343 g/mol. The lowest BCUT2D eigenvalue weighted by atomic mass is 10.0. The van der Waals surface area contributed by atoms with Crippen LogP contribution in [0, 0.1) is 0 Å². The first-order chi connectivity index (χ1) is 11.1. The van der Waals surface area contributed by atoms with Gasteiger partial charge >= 0.3 is 0 Å². The molecule has 0 bridgehead atoms. The van der Waals surface area contributed by atoms with Crippen LogP contribution in [0.25, 0.3) is 22.2 Å². The standard InChI is InChI=1S/C19H15Cl2NO/c1-2-3-12-4-6-13(7-5-12)18-11-16(19(21)23)15-10-14(20)8-9-17(15)22-18/h4-11H,2-3H2,1H3. The van der Waals surface area contributed by atoms with Crippen LogP contribution in [0.3, 0.4) is 0 Å². The molecule has 2 nitrogen and oxygen atoms in total. The highest BCUT2D eigenvalue weighted by molar-refractivity contribution is 6.68. The second-order valence-corrected chi connectivity index (χ2v) is 6.22. The fourth-order valence-corrected chi connectivity index (χ4v) is 2.97. The normalized spacial score (nSPS) is 10.9. The molecule has 1 heterocycles. The molecule has 0 atom stereocenters. The average Bonchev–Trinajstić information content (AvgIpc) is 2.55. The van der Waals surface area contributed by atoms with Crippen LogP contribution in [-0.2, 0) is 6.42 Å². The van der Waals surface area contributed by atoms with Gasteiger partial charge in [0.15, 0.2) is 0 Å². The van der Waals surface area contributed by atoms with E-state index in [9.17, 15) is 4.79 Å². The molecule has 0 spiro atoms. The van der Waals surface area contributed by atoms with E-state index in [1.807, 2.05) is 12.1 Å². The van der Waals surface area contributed by atoms with Gasteiger partial charge in [0.05, 0.1) is 11.2 Å². The third-order valence-electron chi connectivity index (χ3n) is 3.77. The number of hydrogen-bond donors (Lipinski definition) is 0. The van der Waals surface area contributed by atoms with E-state index in [0.717, 1.165) is 24.1 Å². The second-order valence-electron chi connectivity index (χ2n) is 5.44. The van der Waals surface area contributed by atoms with Crippen LogP contribution in [0.2, 0.25) is 5.02 Å². The lowest BCUT2D eigenvalue weighted by Crippen LogP contribution is -1.96. The summed E-state index contributed by atoms with van der Waals surface area (Å²) < 4.78 is 0. The molecule has 1 aromatic heterocycles. The summed E-state index contributed by atoms with van der Waals surface area (Å²) in [6.45, 7) is 2.16. The van der Waals surface area contributed by atoms with Gasteiger partial charge in [-0.2, -0.15) is 0 Å². The van der Waals surface area contributed by atoms with E-state index in [1.54, 1.807) is 24.3 Å². The van der Waals surface area contributed by atoms with Gasteiger partial charge in [-0.25, -0.2) is 4.98 Å². The van der Waals surface area contributed by atoms with Crippen molar-refractivity contribution >= 4 is 39.3 Å². The molecule has 4 heteroatoms. The number of benzene rings is 2. The van der Waals surface area contributed by atoms with Gasteiger partial charge in [0.2, 0.25) is 0 Å². The largest absolute Gasteiger partial charge is 0.276 e. The highest BCUT2D eigenvalue weighted by Crippen LogP contribution is 2.28. The molecule has 0 aliphatic heterocycles. The minimum atomic E-state index is -0.511. The molecule has 23 heavy (non-hydrogen) atoms. The maximum atomic E-state index is 11.8. The molecule has 0 saturated carbocycles. The first-order valence-corrected chi connectivity index (χ1v) is 8.23.